The summed E-state index contributed by atoms with van der Waals surface area (Å²) in [5, 5.41) is 8.58. The molecule has 12 heavy (non-hydrogen) atoms. The molecule has 0 bridgehead atoms. The predicted octanol–water partition coefficient (Wildman–Crippen LogP) is 1.62. The molecular weight excluding hydrogens is 265 g/mol. The molecule has 0 aromatic carbocycles. The van der Waals surface area contributed by atoms with E-state index in [1.807, 2.05) is 31.1 Å². The Kier molecular flexibility index (Phi) is 2.87. The van der Waals surface area contributed by atoms with Crippen LogP contribution in [0.15, 0.2) is 12.3 Å². The van der Waals surface area contributed by atoms with Crippen LogP contribution in [0.2, 0.25) is 0 Å². The number of rotatable bonds is 1. The Morgan fingerprint density at radius 3 is 2.67 bits per heavy atom. The molecule has 4 heteroatoms. The average Bonchev–Trinajstić information content (AvgIpc) is 2.03. The van der Waals surface area contributed by atoms with E-state index in [4.69, 9.17) is 5.26 Å². The number of hydrogen-bond acceptors (Lipinski definition) is 3. The van der Waals surface area contributed by atoms with E-state index in [2.05, 4.69) is 27.6 Å². The van der Waals surface area contributed by atoms with Crippen LogP contribution in [0.3, 0.4) is 0 Å². The van der Waals surface area contributed by atoms with Gasteiger partial charge in [-0.2, -0.15) is 5.26 Å². The molecule has 0 N–H and O–H groups in total. The number of halogens is 1. The molecule has 0 aliphatic carbocycles. The average molecular weight is 273 g/mol. The van der Waals surface area contributed by atoms with Crippen molar-refractivity contribution in [3.8, 4) is 6.07 Å². The van der Waals surface area contributed by atoms with Crippen LogP contribution in [0.5, 0.6) is 0 Å². The third-order valence-corrected chi connectivity index (χ3v) is 2.17. The summed E-state index contributed by atoms with van der Waals surface area (Å²) in [5.41, 5.74) is 0.602. The van der Waals surface area contributed by atoms with Crippen LogP contribution in [0.1, 0.15) is 5.56 Å². The molecule has 0 unspecified atom stereocenters. The molecular formula is C8H8IN3. The van der Waals surface area contributed by atoms with Crippen LogP contribution in [-0.2, 0) is 0 Å². The fraction of sp³-hybridized carbons (Fsp3) is 0.250. The lowest BCUT2D eigenvalue weighted by atomic mass is 10.3. The van der Waals surface area contributed by atoms with Gasteiger partial charge in [0.2, 0.25) is 0 Å². The molecule has 0 aliphatic rings. The highest BCUT2D eigenvalue weighted by Crippen LogP contribution is 2.17. The lowest BCUT2D eigenvalue weighted by Gasteiger charge is -2.12. The van der Waals surface area contributed by atoms with Gasteiger partial charge in [0.15, 0.2) is 0 Å². The second-order valence-electron chi connectivity index (χ2n) is 2.54. The quantitative estimate of drug-likeness (QED) is 0.730. The summed E-state index contributed by atoms with van der Waals surface area (Å²) in [6.07, 6.45) is 1.58. The van der Waals surface area contributed by atoms with Gasteiger partial charge in [-0.15, -0.1) is 0 Å². The molecule has 0 atom stereocenters. The Morgan fingerprint density at radius 2 is 2.25 bits per heavy atom. The summed E-state index contributed by atoms with van der Waals surface area (Å²) >= 11 is 2.17. The Labute approximate surface area is 85.2 Å². The normalized spacial score (nSPS) is 9.17. The van der Waals surface area contributed by atoms with E-state index in [0.717, 1.165) is 9.39 Å². The molecule has 0 aliphatic heterocycles. The van der Waals surface area contributed by atoms with Crippen LogP contribution in [0, 0.1) is 14.9 Å². The van der Waals surface area contributed by atoms with Gasteiger partial charge in [0, 0.05) is 20.3 Å². The highest BCUT2D eigenvalue weighted by molar-refractivity contribution is 14.1. The number of hydrogen-bond donors (Lipinski definition) is 0. The Morgan fingerprint density at radius 1 is 1.58 bits per heavy atom. The van der Waals surface area contributed by atoms with Crippen molar-refractivity contribution in [2.75, 3.05) is 19.0 Å². The van der Waals surface area contributed by atoms with E-state index in [0.29, 0.717) is 5.56 Å². The van der Waals surface area contributed by atoms with Crippen molar-refractivity contribution in [1.82, 2.24) is 4.98 Å². The van der Waals surface area contributed by atoms with Crippen molar-refractivity contribution in [2.45, 2.75) is 0 Å². The van der Waals surface area contributed by atoms with Crippen molar-refractivity contribution < 1.29 is 0 Å². The molecule has 0 saturated carbocycles. The van der Waals surface area contributed by atoms with E-state index in [-0.39, 0.29) is 0 Å². The molecule has 62 valence electrons. The van der Waals surface area contributed by atoms with Gasteiger partial charge < -0.3 is 4.90 Å². The summed E-state index contributed by atoms with van der Waals surface area (Å²) < 4.78 is 0.997. The maximum Gasteiger partial charge on any atom is 0.141 e. The minimum atomic E-state index is 0.602. The lowest BCUT2D eigenvalue weighted by molar-refractivity contribution is 1.06. The SMILES string of the molecule is CN(C)c1ncc(C#N)cc1I. The smallest absolute Gasteiger partial charge is 0.141 e. The van der Waals surface area contributed by atoms with Crippen LogP contribution in [0.4, 0.5) is 5.82 Å². The summed E-state index contributed by atoms with van der Waals surface area (Å²) in [6.45, 7) is 0. The summed E-state index contributed by atoms with van der Waals surface area (Å²) in [5.74, 6) is 0.898. The third kappa shape index (κ3) is 1.85. The molecule has 1 aromatic rings. The standard InChI is InChI=1S/C8H8IN3/c1-12(2)8-7(9)3-6(4-10)5-11-8/h3,5H,1-2H3. The maximum absolute atomic E-state index is 8.58. The fourth-order valence-corrected chi connectivity index (χ4v) is 1.78. The second kappa shape index (κ2) is 3.72. The molecule has 1 heterocycles. The lowest BCUT2D eigenvalue weighted by Crippen LogP contribution is -2.12. The fourth-order valence-electron chi connectivity index (χ4n) is 0.821. The van der Waals surface area contributed by atoms with E-state index in [9.17, 15) is 0 Å². The first-order valence-corrected chi connectivity index (χ1v) is 4.46. The highest BCUT2D eigenvalue weighted by atomic mass is 127. The maximum atomic E-state index is 8.58. The number of pyridine rings is 1. The number of nitrogens with zero attached hydrogens (tertiary/aromatic N) is 3. The van der Waals surface area contributed by atoms with Crippen molar-refractivity contribution in [3.05, 3.63) is 21.4 Å². The monoisotopic (exact) mass is 273 g/mol. The van der Waals surface area contributed by atoms with Gasteiger partial charge in [0.1, 0.15) is 11.9 Å². The van der Waals surface area contributed by atoms with E-state index in [1.165, 1.54) is 0 Å². The van der Waals surface area contributed by atoms with E-state index in [1.54, 1.807) is 6.20 Å². The molecule has 0 saturated heterocycles. The molecule has 3 nitrogen and oxygen atoms in total. The predicted molar refractivity (Wildman–Crippen MR) is 56.0 cm³/mol. The van der Waals surface area contributed by atoms with Crippen molar-refractivity contribution in [2.24, 2.45) is 0 Å². The van der Waals surface area contributed by atoms with Crippen LogP contribution >= 0.6 is 22.6 Å². The van der Waals surface area contributed by atoms with Gasteiger partial charge in [-0.3, -0.25) is 0 Å². The van der Waals surface area contributed by atoms with Crippen molar-refractivity contribution in [3.63, 3.8) is 0 Å². The first-order valence-electron chi connectivity index (χ1n) is 3.38. The van der Waals surface area contributed by atoms with Gasteiger partial charge in [-0.1, -0.05) is 0 Å². The van der Waals surface area contributed by atoms with Crippen molar-refractivity contribution >= 4 is 28.4 Å². The zero-order chi connectivity index (χ0) is 9.14. The number of anilines is 1. The Balaban J connectivity index is 3.14. The molecule has 0 amide bonds. The van der Waals surface area contributed by atoms with Crippen LogP contribution < -0.4 is 4.90 Å². The van der Waals surface area contributed by atoms with Crippen LogP contribution in [0.25, 0.3) is 0 Å². The van der Waals surface area contributed by atoms with Gasteiger partial charge in [-0.05, 0) is 28.7 Å². The summed E-state index contributed by atoms with van der Waals surface area (Å²) in [4.78, 5) is 6.06. The Bertz CT molecular complexity index is 328. The zero-order valence-corrected chi connectivity index (χ0v) is 9.03. The zero-order valence-electron chi connectivity index (χ0n) is 6.87. The van der Waals surface area contributed by atoms with Gasteiger partial charge in [0.05, 0.1) is 9.13 Å². The topological polar surface area (TPSA) is 39.9 Å². The first-order chi connectivity index (χ1) is 5.65. The highest BCUT2D eigenvalue weighted by Gasteiger charge is 2.03. The minimum Gasteiger partial charge on any atom is -0.362 e. The minimum absolute atomic E-state index is 0.602. The van der Waals surface area contributed by atoms with Crippen LogP contribution in [-0.4, -0.2) is 19.1 Å². The third-order valence-electron chi connectivity index (χ3n) is 1.37. The summed E-state index contributed by atoms with van der Waals surface area (Å²) in [7, 11) is 3.85. The molecule has 1 aromatic heterocycles. The van der Waals surface area contributed by atoms with Gasteiger partial charge >= 0.3 is 0 Å². The first kappa shape index (κ1) is 9.26. The Hall–Kier alpha value is -0.830. The number of aromatic nitrogens is 1. The van der Waals surface area contributed by atoms with Gasteiger partial charge in [0.25, 0.3) is 0 Å². The molecule has 1 rings (SSSR count). The van der Waals surface area contributed by atoms with E-state index >= 15 is 0 Å². The van der Waals surface area contributed by atoms with E-state index < -0.39 is 0 Å². The molecule has 0 spiro atoms. The largest absolute Gasteiger partial charge is 0.362 e. The molecule has 0 radical (unpaired) electrons. The van der Waals surface area contributed by atoms with Crippen molar-refractivity contribution in [1.29, 1.82) is 5.26 Å². The molecule has 0 fully saturated rings. The second-order valence-corrected chi connectivity index (χ2v) is 3.70. The van der Waals surface area contributed by atoms with Gasteiger partial charge in [-0.25, -0.2) is 4.98 Å². The summed E-state index contributed by atoms with van der Waals surface area (Å²) in [6, 6.07) is 3.87. The number of nitriles is 1.